The zero-order valence-corrected chi connectivity index (χ0v) is 47.6. The Morgan fingerprint density at radius 3 is 1.11 bits per heavy atom. The predicted octanol–water partition coefficient (Wildman–Crippen LogP) is 18.5. The minimum absolute atomic E-state index is 0.0985. The monoisotopic (exact) mass is 981 g/mol. The summed E-state index contributed by atoms with van der Waals surface area (Å²) in [7, 11) is 0. The number of aliphatic hydroxyl groups is 1. The summed E-state index contributed by atoms with van der Waals surface area (Å²) in [5, 5.41) is 12.5. The van der Waals surface area contributed by atoms with Crippen molar-refractivity contribution in [2.75, 3.05) is 0 Å². The number of hydrogen-bond donors (Lipinski definition) is 3. The van der Waals surface area contributed by atoms with Gasteiger partial charge in [0.1, 0.15) is 6.10 Å². The van der Waals surface area contributed by atoms with E-state index in [1.807, 2.05) is 30.3 Å². The lowest BCUT2D eigenvalue weighted by Gasteiger charge is -2.26. The SMILES string of the molecule is CC(C)(C)c1cc(-c2c3nc(c(-c4cc(C(C)(C)C)cc(C(C)(C)C)c4)c4ccc([nH]4)c(-c4cc(C(C)(C)C)cc(C(C)(C)C)c4)c4nc(cc5ccc2[nH]5)C(C(O)c2ccccc2)=C4)C=C3)cc(C(C)(C)C)c1. The van der Waals surface area contributed by atoms with Crippen LogP contribution in [0.3, 0.4) is 0 Å². The van der Waals surface area contributed by atoms with Gasteiger partial charge in [-0.3, -0.25) is 0 Å². The van der Waals surface area contributed by atoms with Gasteiger partial charge in [0, 0.05) is 44.3 Å². The largest absolute Gasteiger partial charge is 0.384 e. The molecule has 382 valence electrons. The maximum Gasteiger partial charge on any atom is 0.106 e. The number of rotatable bonds is 5. The van der Waals surface area contributed by atoms with E-state index in [0.29, 0.717) is 5.69 Å². The highest BCUT2D eigenvalue weighted by atomic mass is 16.3. The number of aromatic nitrogens is 4. The average Bonchev–Trinajstić information content (AvgIpc) is 4.14. The third kappa shape index (κ3) is 10.6. The Hall–Kier alpha value is -6.56. The van der Waals surface area contributed by atoms with Crippen molar-refractivity contribution in [3.05, 3.63) is 177 Å². The molecule has 5 heteroatoms. The standard InChI is InChI=1S/C69H80N4O/c1-64(2,3)45-30-42(31-46(36-45)65(4,5)6)60-53-25-24-51(70-53)39-58-52(63(74)41-22-20-19-21-23-41)40-59(73-58)62(44-34-49(68(13,14)15)38-50(35-44)69(16,17)18)57-29-28-56(72-57)61(55-27-26-54(60)71-55)43-32-47(66(7,8)9)37-48(33-43)67(10,11)12/h19-40,63,70,72,74H,1-18H3. The summed E-state index contributed by atoms with van der Waals surface area (Å²) in [5.41, 5.74) is 21.7. The summed E-state index contributed by atoms with van der Waals surface area (Å²) in [6.07, 6.45) is 5.61. The van der Waals surface area contributed by atoms with Crippen molar-refractivity contribution < 1.29 is 5.11 Å². The third-order valence-electron chi connectivity index (χ3n) is 15.0. The molecule has 0 aliphatic carbocycles. The molecule has 0 radical (unpaired) electrons. The maximum atomic E-state index is 12.5. The fourth-order valence-corrected chi connectivity index (χ4v) is 10.1. The van der Waals surface area contributed by atoms with Crippen LogP contribution in [-0.2, 0) is 32.5 Å². The van der Waals surface area contributed by atoms with Crippen molar-refractivity contribution in [1.82, 2.24) is 19.9 Å². The second-order valence-corrected chi connectivity index (χ2v) is 27.3. The Bertz CT molecular complexity index is 3450. The zero-order chi connectivity index (χ0) is 53.7. The van der Waals surface area contributed by atoms with E-state index >= 15 is 0 Å². The second-order valence-electron chi connectivity index (χ2n) is 27.3. The lowest BCUT2D eigenvalue weighted by Crippen LogP contribution is -2.16. The van der Waals surface area contributed by atoms with Gasteiger partial charge in [-0.05, 0) is 137 Å². The van der Waals surface area contributed by atoms with E-state index in [0.717, 1.165) is 83.7 Å². The number of aliphatic hydroxyl groups excluding tert-OH is 1. The fraction of sp³-hybridized carbons (Fsp3) is 0.362. The fourth-order valence-electron chi connectivity index (χ4n) is 10.1. The van der Waals surface area contributed by atoms with Crippen LogP contribution >= 0.6 is 0 Å². The van der Waals surface area contributed by atoms with Crippen molar-refractivity contribution >= 4 is 45.9 Å². The molecule has 3 aromatic heterocycles. The first-order chi connectivity index (χ1) is 34.3. The van der Waals surface area contributed by atoms with Gasteiger partial charge >= 0.3 is 0 Å². The molecule has 3 N–H and O–H groups in total. The van der Waals surface area contributed by atoms with Crippen LogP contribution in [0.25, 0.3) is 79.2 Å². The van der Waals surface area contributed by atoms with Crippen LogP contribution in [0.2, 0.25) is 0 Å². The van der Waals surface area contributed by atoms with Gasteiger partial charge in [-0.2, -0.15) is 0 Å². The van der Waals surface area contributed by atoms with Crippen LogP contribution in [0.5, 0.6) is 0 Å². The quantitative estimate of drug-likeness (QED) is 0.161. The van der Waals surface area contributed by atoms with Crippen LogP contribution < -0.4 is 0 Å². The summed E-state index contributed by atoms with van der Waals surface area (Å²) in [6.45, 7) is 41.3. The third-order valence-corrected chi connectivity index (χ3v) is 15.0. The van der Waals surface area contributed by atoms with E-state index in [1.54, 1.807) is 0 Å². The molecule has 2 aliphatic rings. The van der Waals surface area contributed by atoms with Gasteiger partial charge in [0.05, 0.1) is 22.8 Å². The topological polar surface area (TPSA) is 77.6 Å². The number of H-pyrrole nitrogens is 2. The van der Waals surface area contributed by atoms with Crippen LogP contribution in [0.1, 0.15) is 192 Å². The first-order valence-electron chi connectivity index (χ1n) is 26.7. The number of hydrogen-bond acceptors (Lipinski definition) is 3. The number of fused-ring (bicyclic) bond motifs is 8. The molecule has 4 aromatic carbocycles. The Kier molecular flexibility index (Phi) is 13.0. The number of benzene rings is 4. The lowest BCUT2D eigenvalue weighted by atomic mass is 9.78. The highest BCUT2D eigenvalue weighted by molar-refractivity contribution is 5.99. The molecule has 0 saturated carbocycles. The van der Waals surface area contributed by atoms with Crippen molar-refractivity contribution in [2.24, 2.45) is 0 Å². The first-order valence-corrected chi connectivity index (χ1v) is 26.7. The molecular weight excluding hydrogens is 901 g/mol. The zero-order valence-electron chi connectivity index (χ0n) is 47.6. The van der Waals surface area contributed by atoms with E-state index < -0.39 is 6.10 Å². The summed E-state index contributed by atoms with van der Waals surface area (Å²) in [6, 6.07) is 42.1. The highest BCUT2D eigenvalue weighted by Gasteiger charge is 2.29. The van der Waals surface area contributed by atoms with Gasteiger partial charge in [-0.15, -0.1) is 0 Å². The first kappa shape index (κ1) is 52.3. The van der Waals surface area contributed by atoms with Gasteiger partial charge in [-0.1, -0.05) is 210 Å². The normalized spacial score (nSPS) is 14.1. The van der Waals surface area contributed by atoms with E-state index in [-0.39, 0.29) is 32.5 Å². The molecule has 0 saturated heterocycles. The van der Waals surface area contributed by atoms with Crippen LogP contribution in [0, 0.1) is 0 Å². The minimum atomic E-state index is -0.927. The van der Waals surface area contributed by atoms with Crippen LogP contribution in [0.15, 0.2) is 115 Å². The van der Waals surface area contributed by atoms with Crippen molar-refractivity contribution in [3.63, 3.8) is 0 Å². The maximum absolute atomic E-state index is 12.5. The van der Waals surface area contributed by atoms with Crippen molar-refractivity contribution in [3.8, 4) is 33.4 Å². The Morgan fingerprint density at radius 1 is 0.378 bits per heavy atom. The predicted molar refractivity (Wildman–Crippen MR) is 318 cm³/mol. The van der Waals surface area contributed by atoms with Gasteiger partial charge < -0.3 is 15.1 Å². The number of nitrogens with one attached hydrogen (secondary N) is 2. The summed E-state index contributed by atoms with van der Waals surface area (Å²) in [4.78, 5) is 19.3. The molecule has 0 amide bonds. The molecule has 1 atom stereocenters. The van der Waals surface area contributed by atoms with E-state index in [4.69, 9.17) is 9.97 Å². The summed E-state index contributed by atoms with van der Waals surface area (Å²) >= 11 is 0. The molecule has 8 bridgehead atoms. The van der Waals surface area contributed by atoms with Gasteiger partial charge in [0.15, 0.2) is 0 Å². The molecular formula is C69H80N4O. The molecule has 1 unspecified atom stereocenters. The van der Waals surface area contributed by atoms with E-state index in [2.05, 4.69) is 238 Å². The van der Waals surface area contributed by atoms with E-state index in [9.17, 15) is 5.11 Å². The van der Waals surface area contributed by atoms with E-state index in [1.165, 1.54) is 33.4 Å². The molecule has 5 heterocycles. The Labute approximate surface area is 442 Å². The average molecular weight is 981 g/mol. The lowest BCUT2D eigenvalue weighted by molar-refractivity contribution is 0.239. The Morgan fingerprint density at radius 2 is 0.730 bits per heavy atom. The van der Waals surface area contributed by atoms with Crippen LogP contribution in [-0.4, -0.2) is 25.0 Å². The van der Waals surface area contributed by atoms with Crippen LogP contribution in [0.4, 0.5) is 0 Å². The highest BCUT2D eigenvalue weighted by Crippen LogP contribution is 2.44. The van der Waals surface area contributed by atoms with Gasteiger partial charge in [-0.25, -0.2) is 9.97 Å². The molecule has 5 nitrogen and oxygen atoms in total. The smallest absolute Gasteiger partial charge is 0.106 e. The van der Waals surface area contributed by atoms with Crippen molar-refractivity contribution in [2.45, 2.75) is 163 Å². The number of nitrogens with zero attached hydrogens (tertiary/aromatic N) is 2. The Balaban J connectivity index is 1.51. The molecule has 0 fully saturated rings. The molecule has 9 rings (SSSR count). The summed E-state index contributed by atoms with van der Waals surface area (Å²) < 4.78 is 0. The molecule has 74 heavy (non-hydrogen) atoms. The van der Waals surface area contributed by atoms with Crippen molar-refractivity contribution in [1.29, 1.82) is 0 Å². The molecule has 7 aromatic rings. The minimum Gasteiger partial charge on any atom is -0.384 e. The molecule has 2 aliphatic heterocycles. The van der Waals surface area contributed by atoms with Gasteiger partial charge in [0.2, 0.25) is 0 Å². The second kappa shape index (κ2) is 18.4. The number of aromatic amines is 2. The van der Waals surface area contributed by atoms with Gasteiger partial charge in [0.25, 0.3) is 0 Å². The summed E-state index contributed by atoms with van der Waals surface area (Å²) in [5.74, 6) is 0. The molecule has 0 spiro atoms.